The van der Waals surface area contributed by atoms with Crippen LogP contribution >= 0.6 is 0 Å². The molecule has 0 aliphatic heterocycles. The van der Waals surface area contributed by atoms with Gasteiger partial charge in [0.05, 0.1) is 0 Å². The first kappa shape index (κ1) is 10.9. The van der Waals surface area contributed by atoms with Crippen LogP contribution in [-0.2, 0) is 6.54 Å². The van der Waals surface area contributed by atoms with Gasteiger partial charge in [-0.05, 0) is 31.9 Å². The first-order chi connectivity index (χ1) is 6.72. The Hall–Kier alpha value is -1.15. The maximum atomic E-state index is 4.24. The number of aromatic nitrogens is 1. The lowest BCUT2D eigenvalue weighted by Gasteiger charge is -2.11. The summed E-state index contributed by atoms with van der Waals surface area (Å²) in [5.74, 6) is 0. The summed E-state index contributed by atoms with van der Waals surface area (Å²) in [6.07, 6.45) is 4.85. The fourth-order valence-electron chi connectivity index (χ4n) is 1.23. The lowest BCUT2D eigenvalue weighted by molar-refractivity contribution is 0.553. The molecule has 14 heavy (non-hydrogen) atoms. The lowest BCUT2D eigenvalue weighted by atomic mass is 10.2. The Labute approximate surface area is 86.1 Å². The van der Waals surface area contributed by atoms with Gasteiger partial charge in [0.1, 0.15) is 0 Å². The highest BCUT2D eigenvalue weighted by atomic mass is 14.9. The summed E-state index contributed by atoms with van der Waals surface area (Å²) in [4.78, 5) is 4.24. The van der Waals surface area contributed by atoms with Crippen molar-refractivity contribution in [3.05, 3.63) is 42.2 Å². The van der Waals surface area contributed by atoms with Crippen LogP contribution in [0, 0.1) is 6.92 Å². The molecule has 0 radical (unpaired) electrons. The van der Waals surface area contributed by atoms with E-state index in [-0.39, 0.29) is 0 Å². The lowest BCUT2D eigenvalue weighted by Crippen LogP contribution is -2.24. The van der Waals surface area contributed by atoms with Gasteiger partial charge in [-0.1, -0.05) is 12.1 Å². The Morgan fingerprint density at radius 2 is 2.36 bits per heavy atom. The Morgan fingerprint density at radius 3 is 2.93 bits per heavy atom. The van der Waals surface area contributed by atoms with E-state index in [0.717, 1.165) is 18.7 Å². The molecule has 2 heteroatoms. The molecule has 0 aliphatic rings. The van der Waals surface area contributed by atoms with Crippen LogP contribution in [0.2, 0.25) is 0 Å². The fourth-order valence-corrected chi connectivity index (χ4v) is 1.23. The third-order valence-corrected chi connectivity index (χ3v) is 2.15. The average Bonchev–Trinajstić information content (AvgIpc) is 2.17. The highest BCUT2D eigenvalue weighted by Crippen LogP contribution is 2.00. The van der Waals surface area contributed by atoms with Crippen LogP contribution in [0.25, 0.3) is 0 Å². The molecule has 0 bridgehead atoms. The second-order valence-corrected chi connectivity index (χ2v) is 3.61. The number of hydrogen-bond acceptors (Lipinski definition) is 2. The zero-order valence-electron chi connectivity index (χ0n) is 8.96. The van der Waals surface area contributed by atoms with Crippen molar-refractivity contribution < 1.29 is 0 Å². The van der Waals surface area contributed by atoms with Gasteiger partial charge in [0.2, 0.25) is 0 Å². The van der Waals surface area contributed by atoms with E-state index < -0.39 is 0 Å². The van der Waals surface area contributed by atoms with Gasteiger partial charge in [-0.3, -0.25) is 4.98 Å². The van der Waals surface area contributed by atoms with Gasteiger partial charge in [-0.2, -0.15) is 0 Å². The molecule has 0 fully saturated rings. The number of pyridine rings is 1. The molecule has 1 heterocycles. The normalized spacial score (nSPS) is 12.4. The van der Waals surface area contributed by atoms with Gasteiger partial charge in [0, 0.05) is 24.5 Å². The molecule has 0 aliphatic carbocycles. The highest BCUT2D eigenvalue weighted by Gasteiger charge is 1.98. The van der Waals surface area contributed by atoms with Crippen LogP contribution in [0.4, 0.5) is 0 Å². The molecule has 1 aromatic rings. The predicted molar refractivity (Wildman–Crippen MR) is 60.1 cm³/mol. The number of nitrogens with one attached hydrogen (secondary N) is 1. The van der Waals surface area contributed by atoms with E-state index in [9.17, 15) is 0 Å². The molecular formula is C12H18N2. The average molecular weight is 190 g/mol. The third kappa shape index (κ3) is 3.71. The van der Waals surface area contributed by atoms with Crippen molar-refractivity contribution in [3.8, 4) is 0 Å². The van der Waals surface area contributed by atoms with E-state index in [4.69, 9.17) is 0 Å². The zero-order valence-corrected chi connectivity index (χ0v) is 8.96. The van der Waals surface area contributed by atoms with Crippen LogP contribution in [0.3, 0.4) is 0 Å². The molecule has 0 spiro atoms. The largest absolute Gasteiger partial charge is 0.310 e. The van der Waals surface area contributed by atoms with Gasteiger partial charge < -0.3 is 5.32 Å². The summed E-state index contributed by atoms with van der Waals surface area (Å²) in [5.41, 5.74) is 2.29. The van der Waals surface area contributed by atoms with E-state index in [2.05, 4.69) is 29.9 Å². The van der Waals surface area contributed by atoms with Crippen molar-refractivity contribution in [1.29, 1.82) is 0 Å². The van der Waals surface area contributed by atoms with Gasteiger partial charge >= 0.3 is 0 Å². The van der Waals surface area contributed by atoms with Crippen LogP contribution < -0.4 is 5.32 Å². The fraction of sp³-hybridized carbons (Fsp3) is 0.417. The summed E-state index contributed by atoms with van der Waals surface area (Å²) in [7, 11) is 0. The Bertz CT molecular complexity index is 277. The summed E-state index contributed by atoms with van der Waals surface area (Å²) in [6.45, 7) is 8.75. The van der Waals surface area contributed by atoms with Crippen molar-refractivity contribution in [1.82, 2.24) is 10.3 Å². The summed E-state index contributed by atoms with van der Waals surface area (Å²) >= 11 is 0. The molecule has 1 unspecified atom stereocenters. The van der Waals surface area contributed by atoms with Crippen molar-refractivity contribution in [2.24, 2.45) is 0 Å². The summed E-state index contributed by atoms with van der Waals surface area (Å²) in [6, 6.07) is 4.62. The monoisotopic (exact) mass is 190 g/mol. The van der Waals surface area contributed by atoms with Crippen molar-refractivity contribution in [2.75, 3.05) is 0 Å². The quantitative estimate of drug-likeness (QED) is 0.721. The standard InChI is InChI=1S/C12H18N2/c1-4-5-10(2)13-8-12-7-6-11(3)14-9-12/h4,6-7,9-10,13H,1,5,8H2,2-3H3. The first-order valence-corrected chi connectivity index (χ1v) is 4.98. The number of nitrogens with zero attached hydrogens (tertiary/aromatic N) is 1. The molecule has 1 rings (SSSR count). The van der Waals surface area contributed by atoms with Crippen LogP contribution in [0.15, 0.2) is 31.0 Å². The van der Waals surface area contributed by atoms with Crippen molar-refractivity contribution in [3.63, 3.8) is 0 Å². The molecule has 2 nitrogen and oxygen atoms in total. The van der Waals surface area contributed by atoms with Crippen molar-refractivity contribution in [2.45, 2.75) is 32.9 Å². The van der Waals surface area contributed by atoms with Gasteiger partial charge in [-0.25, -0.2) is 0 Å². The van der Waals surface area contributed by atoms with Crippen LogP contribution in [0.1, 0.15) is 24.6 Å². The van der Waals surface area contributed by atoms with Crippen LogP contribution in [-0.4, -0.2) is 11.0 Å². The molecule has 1 atom stereocenters. The first-order valence-electron chi connectivity index (χ1n) is 4.98. The molecule has 1 N–H and O–H groups in total. The second-order valence-electron chi connectivity index (χ2n) is 3.61. The number of hydrogen-bond donors (Lipinski definition) is 1. The molecule has 0 amide bonds. The van der Waals surface area contributed by atoms with E-state index in [0.29, 0.717) is 6.04 Å². The summed E-state index contributed by atoms with van der Waals surface area (Å²) < 4.78 is 0. The zero-order chi connectivity index (χ0) is 10.4. The predicted octanol–water partition coefficient (Wildman–Crippen LogP) is 2.44. The molecule has 1 aromatic heterocycles. The Kier molecular flexibility index (Phi) is 4.33. The Morgan fingerprint density at radius 1 is 1.57 bits per heavy atom. The highest BCUT2D eigenvalue weighted by molar-refractivity contribution is 5.12. The van der Waals surface area contributed by atoms with E-state index in [1.165, 1.54) is 5.56 Å². The third-order valence-electron chi connectivity index (χ3n) is 2.15. The van der Waals surface area contributed by atoms with E-state index in [1.54, 1.807) is 0 Å². The second kappa shape index (κ2) is 5.55. The maximum Gasteiger partial charge on any atom is 0.0372 e. The molecule has 0 saturated heterocycles. The number of rotatable bonds is 5. The minimum Gasteiger partial charge on any atom is -0.310 e. The maximum absolute atomic E-state index is 4.24. The molecule has 76 valence electrons. The topological polar surface area (TPSA) is 24.9 Å². The van der Waals surface area contributed by atoms with E-state index in [1.807, 2.05) is 25.3 Å². The number of aryl methyl sites for hydroxylation is 1. The van der Waals surface area contributed by atoms with Crippen molar-refractivity contribution >= 4 is 0 Å². The van der Waals surface area contributed by atoms with Gasteiger partial charge in [0.25, 0.3) is 0 Å². The molecule has 0 aromatic carbocycles. The molecule has 0 saturated carbocycles. The minimum atomic E-state index is 0.480. The molecular weight excluding hydrogens is 172 g/mol. The smallest absolute Gasteiger partial charge is 0.0372 e. The van der Waals surface area contributed by atoms with Gasteiger partial charge in [0.15, 0.2) is 0 Å². The Balaban J connectivity index is 2.37. The van der Waals surface area contributed by atoms with E-state index >= 15 is 0 Å². The SMILES string of the molecule is C=CCC(C)NCc1ccc(C)nc1. The minimum absolute atomic E-state index is 0.480. The summed E-state index contributed by atoms with van der Waals surface area (Å²) in [5, 5.41) is 3.41. The van der Waals surface area contributed by atoms with Crippen LogP contribution in [0.5, 0.6) is 0 Å². The van der Waals surface area contributed by atoms with Gasteiger partial charge in [-0.15, -0.1) is 6.58 Å².